The van der Waals surface area contributed by atoms with Crippen molar-refractivity contribution in [3.63, 3.8) is 0 Å². The number of ether oxygens (including phenoxy) is 1. The number of benzene rings is 2. The van der Waals surface area contributed by atoms with Crippen LogP contribution < -0.4 is 9.64 Å². The lowest BCUT2D eigenvalue weighted by atomic mass is 9.98. The van der Waals surface area contributed by atoms with Gasteiger partial charge >= 0.3 is 0 Å². The average Bonchev–Trinajstić information content (AvgIpc) is 3.05. The molecule has 1 N–H and O–H groups in total. The van der Waals surface area contributed by atoms with E-state index in [0.717, 1.165) is 0 Å². The first-order chi connectivity index (χ1) is 14.1. The summed E-state index contributed by atoms with van der Waals surface area (Å²) in [7, 11) is 1.55. The van der Waals surface area contributed by atoms with Crippen LogP contribution in [0.2, 0.25) is 0 Å². The second-order valence-electron chi connectivity index (χ2n) is 6.49. The molecule has 0 spiro atoms. The lowest BCUT2D eigenvalue weighted by Gasteiger charge is -2.24. The van der Waals surface area contributed by atoms with Crippen LogP contribution in [-0.4, -0.2) is 28.9 Å². The number of Topliss-reactive ketones (excluding diaryl/α,β-unsaturated/α-hetero) is 1. The molecule has 1 amide bonds. The van der Waals surface area contributed by atoms with Crippen LogP contribution in [0.15, 0.2) is 84.6 Å². The summed E-state index contributed by atoms with van der Waals surface area (Å²) in [5.74, 6) is -1.07. The number of nitrogens with zero attached hydrogens (tertiary/aromatic N) is 2. The standard InChI is InChI=1S/C23H18N2O4/c1-29-17-12-10-16(11-13-17)25-20(18-9-5-6-14-24-18)19(22(27)23(25)28)21(26)15-7-3-2-4-8-15/h2-14,20,26H,1H3/b21-19-. The van der Waals surface area contributed by atoms with Gasteiger partial charge in [-0.15, -0.1) is 0 Å². The number of hydrogen-bond donors (Lipinski definition) is 1. The summed E-state index contributed by atoms with van der Waals surface area (Å²) < 4.78 is 5.18. The molecule has 144 valence electrons. The number of aliphatic hydroxyl groups excluding tert-OH is 1. The van der Waals surface area contributed by atoms with Crippen molar-refractivity contribution in [2.24, 2.45) is 0 Å². The molecular weight excluding hydrogens is 368 g/mol. The molecule has 0 bridgehead atoms. The Balaban J connectivity index is 1.91. The smallest absolute Gasteiger partial charge is 0.300 e. The topological polar surface area (TPSA) is 79.7 Å². The Bertz CT molecular complexity index is 1080. The Morgan fingerprint density at radius 1 is 0.966 bits per heavy atom. The molecule has 6 nitrogen and oxygen atoms in total. The van der Waals surface area contributed by atoms with Gasteiger partial charge in [0.2, 0.25) is 0 Å². The van der Waals surface area contributed by atoms with E-state index in [1.54, 1.807) is 80.0 Å². The summed E-state index contributed by atoms with van der Waals surface area (Å²) in [6.45, 7) is 0. The molecule has 0 aliphatic carbocycles. The van der Waals surface area contributed by atoms with Crippen LogP contribution in [-0.2, 0) is 9.59 Å². The number of rotatable bonds is 4. The minimum absolute atomic E-state index is 0.00992. The minimum atomic E-state index is -0.843. The molecule has 2 aromatic carbocycles. The molecule has 1 aliphatic rings. The molecule has 3 aromatic rings. The number of hydrogen-bond acceptors (Lipinski definition) is 5. The highest BCUT2D eigenvalue weighted by molar-refractivity contribution is 6.51. The average molecular weight is 386 g/mol. The molecule has 1 unspecified atom stereocenters. The van der Waals surface area contributed by atoms with Crippen LogP contribution in [0.5, 0.6) is 5.75 Å². The highest BCUT2D eigenvalue weighted by Gasteiger charge is 2.47. The predicted octanol–water partition coefficient (Wildman–Crippen LogP) is 3.72. The highest BCUT2D eigenvalue weighted by Crippen LogP contribution is 2.41. The molecule has 0 radical (unpaired) electrons. The maximum atomic E-state index is 13.0. The zero-order valence-electron chi connectivity index (χ0n) is 15.6. The fraction of sp³-hybridized carbons (Fsp3) is 0.0870. The Morgan fingerprint density at radius 2 is 1.66 bits per heavy atom. The van der Waals surface area contributed by atoms with Crippen molar-refractivity contribution >= 4 is 23.1 Å². The zero-order chi connectivity index (χ0) is 20.4. The molecule has 1 saturated heterocycles. The quantitative estimate of drug-likeness (QED) is 0.420. The number of aromatic nitrogens is 1. The van der Waals surface area contributed by atoms with E-state index in [1.165, 1.54) is 4.90 Å². The number of anilines is 1. The van der Waals surface area contributed by atoms with E-state index in [9.17, 15) is 14.7 Å². The van der Waals surface area contributed by atoms with Crippen LogP contribution in [0, 0.1) is 0 Å². The molecule has 4 rings (SSSR count). The van der Waals surface area contributed by atoms with Crippen LogP contribution in [0.3, 0.4) is 0 Å². The predicted molar refractivity (Wildman–Crippen MR) is 108 cm³/mol. The van der Waals surface area contributed by atoms with Crippen molar-refractivity contribution in [1.82, 2.24) is 4.98 Å². The van der Waals surface area contributed by atoms with Gasteiger partial charge in [-0.3, -0.25) is 19.5 Å². The monoisotopic (exact) mass is 386 g/mol. The summed E-state index contributed by atoms with van der Waals surface area (Å²) in [5, 5.41) is 10.9. The van der Waals surface area contributed by atoms with E-state index in [0.29, 0.717) is 22.7 Å². The molecular formula is C23H18N2O4. The molecule has 29 heavy (non-hydrogen) atoms. The summed E-state index contributed by atoms with van der Waals surface area (Å²) >= 11 is 0. The Labute approximate surface area is 167 Å². The van der Waals surface area contributed by atoms with Gasteiger partial charge in [0, 0.05) is 17.4 Å². The normalized spacial score (nSPS) is 18.1. The number of amides is 1. The second kappa shape index (κ2) is 7.59. The zero-order valence-corrected chi connectivity index (χ0v) is 15.6. The number of carbonyl (C=O) groups is 2. The van der Waals surface area contributed by atoms with Gasteiger partial charge in [-0.1, -0.05) is 36.4 Å². The van der Waals surface area contributed by atoms with Gasteiger partial charge in [-0.2, -0.15) is 0 Å². The van der Waals surface area contributed by atoms with Crippen molar-refractivity contribution in [2.75, 3.05) is 12.0 Å². The lowest BCUT2D eigenvalue weighted by Crippen LogP contribution is -2.29. The Hall–Kier alpha value is -3.93. The fourth-order valence-corrected chi connectivity index (χ4v) is 3.41. The molecule has 2 heterocycles. The van der Waals surface area contributed by atoms with E-state index in [-0.39, 0.29) is 11.3 Å². The van der Waals surface area contributed by atoms with Gasteiger partial charge in [0.25, 0.3) is 11.7 Å². The molecule has 0 saturated carbocycles. The van der Waals surface area contributed by atoms with Gasteiger partial charge in [0.1, 0.15) is 17.6 Å². The van der Waals surface area contributed by atoms with Crippen LogP contribution in [0.25, 0.3) is 5.76 Å². The third-order valence-electron chi connectivity index (χ3n) is 4.81. The maximum Gasteiger partial charge on any atom is 0.300 e. The van der Waals surface area contributed by atoms with E-state index >= 15 is 0 Å². The SMILES string of the molecule is COc1ccc(N2C(=O)C(=O)/C(=C(\O)c3ccccc3)C2c2ccccn2)cc1. The number of ketones is 1. The highest BCUT2D eigenvalue weighted by atomic mass is 16.5. The van der Waals surface area contributed by atoms with E-state index in [4.69, 9.17) is 4.74 Å². The van der Waals surface area contributed by atoms with Crippen molar-refractivity contribution < 1.29 is 19.4 Å². The van der Waals surface area contributed by atoms with Gasteiger partial charge < -0.3 is 9.84 Å². The van der Waals surface area contributed by atoms with Gasteiger partial charge in [-0.05, 0) is 36.4 Å². The van der Waals surface area contributed by atoms with Crippen molar-refractivity contribution in [3.8, 4) is 5.75 Å². The van der Waals surface area contributed by atoms with Gasteiger partial charge in [-0.25, -0.2) is 0 Å². The summed E-state index contributed by atoms with van der Waals surface area (Å²) in [5.41, 5.74) is 1.47. The molecule has 1 atom stereocenters. The van der Waals surface area contributed by atoms with E-state index in [2.05, 4.69) is 4.98 Å². The largest absolute Gasteiger partial charge is 0.507 e. The first-order valence-electron chi connectivity index (χ1n) is 9.03. The number of aliphatic hydroxyl groups is 1. The van der Waals surface area contributed by atoms with Crippen molar-refractivity contribution in [1.29, 1.82) is 0 Å². The van der Waals surface area contributed by atoms with Crippen molar-refractivity contribution in [3.05, 3.63) is 95.8 Å². The summed E-state index contributed by atoms with van der Waals surface area (Å²) in [4.78, 5) is 31.6. The van der Waals surface area contributed by atoms with Crippen LogP contribution in [0.4, 0.5) is 5.69 Å². The first-order valence-corrected chi connectivity index (χ1v) is 9.03. The summed E-state index contributed by atoms with van der Waals surface area (Å²) in [6.07, 6.45) is 1.59. The minimum Gasteiger partial charge on any atom is -0.507 e. The number of methoxy groups -OCH3 is 1. The third kappa shape index (κ3) is 3.25. The van der Waals surface area contributed by atoms with Gasteiger partial charge in [0.15, 0.2) is 0 Å². The van der Waals surface area contributed by atoms with Crippen molar-refractivity contribution in [2.45, 2.75) is 6.04 Å². The second-order valence-corrected chi connectivity index (χ2v) is 6.49. The number of pyridine rings is 1. The van der Waals surface area contributed by atoms with Crippen LogP contribution in [0.1, 0.15) is 17.3 Å². The molecule has 1 aliphatic heterocycles. The van der Waals surface area contributed by atoms with Gasteiger partial charge in [0.05, 0.1) is 18.4 Å². The van der Waals surface area contributed by atoms with E-state index < -0.39 is 17.7 Å². The molecule has 1 fully saturated rings. The maximum absolute atomic E-state index is 13.0. The Morgan fingerprint density at radius 3 is 2.28 bits per heavy atom. The van der Waals surface area contributed by atoms with Crippen LogP contribution >= 0.6 is 0 Å². The summed E-state index contributed by atoms with van der Waals surface area (Å²) in [6, 6.07) is 19.9. The first kappa shape index (κ1) is 18.4. The Kier molecular flexibility index (Phi) is 4.83. The van der Waals surface area contributed by atoms with E-state index in [1.807, 2.05) is 6.07 Å². The molecule has 6 heteroatoms. The fourth-order valence-electron chi connectivity index (χ4n) is 3.41. The lowest BCUT2D eigenvalue weighted by molar-refractivity contribution is -0.132. The number of carbonyl (C=O) groups excluding carboxylic acids is 2. The third-order valence-corrected chi connectivity index (χ3v) is 4.81. The molecule has 1 aromatic heterocycles.